The molecule has 0 saturated carbocycles. The standard InChI is InChI=1S/C2H4Cl3O3P/c3-1-2(4,5)8-9(6)7/h9H,1H2,(H,6,7). The fraction of sp³-hybridized carbons (Fsp3) is 1.00. The second kappa shape index (κ2) is 4.02. The van der Waals surface area contributed by atoms with E-state index in [1.54, 1.807) is 0 Å². The molecule has 56 valence electrons. The molecule has 0 aliphatic rings. The largest absolute Gasteiger partial charge is 0.326 e. The molecule has 0 heterocycles. The van der Waals surface area contributed by atoms with Crippen LogP contribution in [0.2, 0.25) is 0 Å². The highest BCUT2D eigenvalue weighted by Gasteiger charge is 2.25. The van der Waals surface area contributed by atoms with Gasteiger partial charge < -0.3 is 4.89 Å². The van der Waals surface area contributed by atoms with Gasteiger partial charge in [-0.2, -0.15) is 0 Å². The summed E-state index contributed by atoms with van der Waals surface area (Å²) < 4.78 is 12.3. The van der Waals surface area contributed by atoms with Gasteiger partial charge in [-0.15, -0.1) is 11.6 Å². The fourth-order valence-corrected chi connectivity index (χ4v) is 1.02. The Hall–Kier alpha value is 1.02. The van der Waals surface area contributed by atoms with Crippen molar-refractivity contribution in [2.24, 2.45) is 0 Å². The normalized spacial score (nSPS) is 15.6. The zero-order chi connectivity index (χ0) is 7.49. The second-order valence-corrected chi connectivity index (χ2v) is 3.56. The van der Waals surface area contributed by atoms with E-state index in [0.29, 0.717) is 0 Å². The number of rotatable bonds is 3. The number of halogens is 3. The topological polar surface area (TPSA) is 46.5 Å². The van der Waals surface area contributed by atoms with E-state index in [1.165, 1.54) is 0 Å². The molecule has 9 heavy (non-hydrogen) atoms. The molecule has 0 aromatic rings. The van der Waals surface area contributed by atoms with Crippen molar-refractivity contribution in [2.45, 2.75) is 4.52 Å². The lowest BCUT2D eigenvalue weighted by Gasteiger charge is -2.12. The van der Waals surface area contributed by atoms with E-state index in [4.69, 9.17) is 39.7 Å². The Balaban J connectivity index is 3.71. The summed E-state index contributed by atoms with van der Waals surface area (Å²) in [5, 5.41) is 0. The van der Waals surface area contributed by atoms with Gasteiger partial charge in [-0.25, -0.2) is 0 Å². The van der Waals surface area contributed by atoms with Gasteiger partial charge in [0.1, 0.15) is 0 Å². The molecule has 0 saturated heterocycles. The van der Waals surface area contributed by atoms with Crippen LogP contribution in [-0.2, 0) is 9.09 Å². The summed E-state index contributed by atoms with van der Waals surface area (Å²) in [5.74, 6) is -0.257. The Bertz CT molecular complexity index is 116. The van der Waals surface area contributed by atoms with E-state index in [1.807, 2.05) is 0 Å². The highest BCUT2D eigenvalue weighted by atomic mass is 35.5. The highest BCUT2D eigenvalue weighted by molar-refractivity contribution is 7.32. The van der Waals surface area contributed by atoms with Crippen LogP contribution in [0.4, 0.5) is 0 Å². The van der Waals surface area contributed by atoms with E-state index in [0.717, 1.165) is 0 Å². The highest BCUT2D eigenvalue weighted by Crippen LogP contribution is 2.33. The third-order valence-electron chi connectivity index (χ3n) is 0.392. The minimum atomic E-state index is -3.10. The van der Waals surface area contributed by atoms with Crippen LogP contribution in [0.3, 0.4) is 0 Å². The van der Waals surface area contributed by atoms with Gasteiger partial charge in [0.2, 0.25) is 4.52 Å². The van der Waals surface area contributed by atoms with Crippen LogP contribution in [0, 0.1) is 0 Å². The van der Waals surface area contributed by atoms with Crippen LogP contribution in [0.15, 0.2) is 0 Å². The average Bonchev–Trinajstić information content (AvgIpc) is 1.63. The van der Waals surface area contributed by atoms with Gasteiger partial charge in [-0.1, -0.05) is 23.2 Å². The first-order valence-corrected chi connectivity index (χ1v) is 4.39. The quantitative estimate of drug-likeness (QED) is 0.574. The van der Waals surface area contributed by atoms with Crippen LogP contribution in [0.25, 0.3) is 0 Å². The van der Waals surface area contributed by atoms with Crippen molar-refractivity contribution in [1.82, 2.24) is 0 Å². The van der Waals surface area contributed by atoms with Crippen LogP contribution in [-0.4, -0.2) is 15.3 Å². The molecule has 0 aliphatic heterocycles. The molecule has 0 radical (unpaired) electrons. The summed E-state index contributed by atoms with van der Waals surface area (Å²) in [6.07, 6.45) is 0. The molecule has 0 aromatic carbocycles. The average molecular weight is 213 g/mol. The van der Waals surface area contributed by atoms with Crippen molar-refractivity contribution in [3.05, 3.63) is 0 Å². The third kappa shape index (κ3) is 5.46. The summed E-state index contributed by atoms with van der Waals surface area (Å²) in [6.45, 7) is 0. The minimum absolute atomic E-state index is 0.257. The van der Waals surface area contributed by atoms with Crippen LogP contribution < -0.4 is 0 Å². The van der Waals surface area contributed by atoms with Gasteiger partial charge in [-0.3, -0.25) is 9.09 Å². The maximum absolute atomic E-state index is 9.91. The van der Waals surface area contributed by atoms with Gasteiger partial charge in [0.25, 0.3) is 0 Å². The molecular weight excluding hydrogens is 209 g/mol. The van der Waals surface area contributed by atoms with Gasteiger partial charge in [0.15, 0.2) is 0 Å². The van der Waals surface area contributed by atoms with Crippen molar-refractivity contribution in [1.29, 1.82) is 0 Å². The predicted molar refractivity (Wildman–Crippen MR) is 37.5 cm³/mol. The van der Waals surface area contributed by atoms with Crippen LogP contribution in [0.5, 0.6) is 0 Å². The lowest BCUT2D eigenvalue weighted by atomic mass is 10.8. The first-order chi connectivity index (χ1) is 3.98. The number of hydrogen-bond donors (Lipinski definition) is 1. The van der Waals surface area contributed by atoms with Crippen molar-refractivity contribution < 1.29 is 14.0 Å². The maximum atomic E-state index is 9.91. The van der Waals surface area contributed by atoms with E-state index in [-0.39, 0.29) is 5.88 Å². The fourth-order valence-electron chi connectivity index (χ4n) is 0.155. The van der Waals surface area contributed by atoms with Crippen molar-refractivity contribution in [2.75, 3.05) is 5.88 Å². The Kier molecular flexibility index (Phi) is 4.47. The SMILES string of the molecule is O=[PH](O)OC(Cl)(Cl)CCl. The van der Waals surface area contributed by atoms with Gasteiger partial charge in [-0.05, 0) is 0 Å². The lowest BCUT2D eigenvalue weighted by molar-refractivity contribution is 0.241. The number of hydrogen-bond acceptors (Lipinski definition) is 2. The summed E-state index contributed by atoms with van der Waals surface area (Å²) in [4.78, 5) is 8.12. The van der Waals surface area contributed by atoms with E-state index < -0.39 is 12.8 Å². The molecule has 1 N–H and O–H groups in total. The zero-order valence-corrected chi connectivity index (χ0v) is 7.37. The molecule has 0 aliphatic carbocycles. The Morgan fingerprint density at radius 3 is 2.22 bits per heavy atom. The molecule has 0 aromatic heterocycles. The van der Waals surface area contributed by atoms with Gasteiger partial charge in [0.05, 0.1) is 5.88 Å². The van der Waals surface area contributed by atoms with Crippen LogP contribution >= 0.6 is 43.1 Å². The Labute approximate surface area is 67.8 Å². The molecule has 0 bridgehead atoms. The third-order valence-corrected chi connectivity index (χ3v) is 2.25. The van der Waals surface area contributed by atoms with E-state index in [9.17, 15) is 4.57 Å². The smallest absolute Gasteiger partial charge is 0.319 e. The molecule has 3 nitrogen and oxygen atoms in total. The maximum Gasteiger partial charge on any atom is 0.319 e. The Morgan fingerprint density at radius 1 is 1.67 bits per heavy atom. The van der Waals surface area contributed by atoms with E-state index >= 15 is 0 Å². The van der Waals surface area contributed by atoms with E-state index in [2.05, 4.69) is 4.52 Å². The van der Waals surface area contributed by atoms with Crippen molar-refractivity contribution in [3.8, 4) is 0 Å². The Morgan fingerprint density at radius 2 is 2.11 bits per heavy atom. The molecule has 0 rings (SSSR count). The molecule has 7 heteroatoms. The zero-order valence-electron chi connectivity index (χ0n) is 4.10. The lowest BCUT2D eigenvalue weighted by Crippen LogP contribution is -2.15. The van der Waals surface area contributed by atoms with Gasteiger partial charge in [0, 0.05) is 0 Å². The summed E-state index contributed by atoms with van der Waals surface area (Å²) in [6, 6.07) is 0. The number of alkyl halides is 3. The molecule has 0 amide bonds. The van der Waals surface area contributed by atoms with Crippen molar-refractivity contribution >= 4 is 43.1 Å². The molecule has 0 fully saturated rings. The van der Waals surface area contributed by atoms with Crippen molar-refractivity contribution in [3.63, 3.8) is 0 Å². The van der Waals surface area contributed by atoms with Crippen LogP contribution in [0.1, 0.15) is 0 Å². The predicted octanol–water partition coefficient (Wildman–Crippen LogP) is 1.76. The summed E-state index contributed by atoms with van der Waals surface area (Å²) in [5.41, 5.74) is 0. The summed E-state index contributed by atoms with van der Waals surface area (Å²) >= 11 is 15.5. The molecular formula is C2H4Cl3O3P. The van der Waals surface area contributed by atoms with Gasteiger partial charge >= 0.3 is 8.25 Å². The minimum Gasteiger partial charge on any atom is -0.326 e. The summed E-state index contributed by atoms with van der Waals surface area (Å²) in [7, 11) is -3.10. The monoisotopic (exact) mass is 212 g/mol. The second-order valence-electron chi connectivity index (χ2n) is 1.14. The first-order valence-electron chi connectivity index (χ1n) is 1.83. The molecule has 1 atom stereocenters. The molecule has 1 unspecified atom stereocenters. The molecule has 0 spiro atoms. The first kappa shape index (κ1) is 10.0.